The molecular formula is C14H17NO. The molecule has 0 saturated carbocycles. The van der Waals surface area contributed by atoms with Crippen LogP contribution in [0.1, 0.15) is 36.6 Å². The van der Waals surface area contributed by atoms with Crippen LogP contribution in [0, 0.1) is 13.8 Å². The number of H-pyrrole nitrogens is 1. The van der Waals surface area contributed by atoms with Gasteiger partial charge in [-0.3, -0.25) is 4.79 Å². The number of para-hydroxylation sites is 1. The summed E-state index contributed by atoms with van der Waals surface area (Å²) in [7, 11) is 0. The van der Waals surface area contributed by atoms with E-state index in [0.29, 0.717) is 5.92 Å². The molecule has 0 spiro atoms. The number of aromatic nitrogens is 1. The number of benzene rings is 1. The molecule has 0 fully saturated rings. The highest BCUT2D eigenvalue weighted by Crippen LogP contribution is 2.22. The van der Waals surface area contributed by atoms with Crippen LogP contribution in [0.2, 0.25) is 0 Å². The summed E-state index contributed by atoms with van der Waals surface area (Å²) in [5.74, 6) is 0.418. The van der Waals surface area contributed by atoms with E-state index in [2.05, 4.69) is 24.9 Å². The maximum absolute atomic E-state index is 12.1. The highest BCUT2D eigenvalue weighted by Gasteiger charge is 2.10. The SMILES string of the molecule is Cc1[nH]c2c(C(C)C)cccc2c(=O)c1C. The van der Waals surface area contributed by atoms with Gasteiger partial charge >= 0.3 is 0 Å². The van der Waals surface area contributed by atoms with Gasteiger partial charge in [0.1, 0.15) is 0 Å². The molecular weight excluding hydrogens is 198 g/mol. The monoisotopic (exact) mass is 215 g/mol. The summed E-state index contributed by atoms with van der Waals surface area (Å²) in [5, 5.41) is 0.800. The molecule has 1 aromatic carbocycles. The Morgan fingerprint density at radius 3 is 2.50 bits per heavy atom. The van der Waals surface area contributed by atoms with Crippen molar-refractivity contribution in [1.82, 2.24) is 4.98 Å². The Morgan fingerprint density at radius 2 is 1.88 bits per heavy atom. The fourth-order valence-electron chi connectivity index (χ4n) is 2.03. The third-order valence-electron chi connectivity index (χ3n) is 3.18. The molecule has 0 aliphatic heterocycles. The third kappa shape index (κ3) is 1.54. The highest BCUT2D eigenvalue weighted by atomic mass is 16.1. The van der Waals surface area contributed by atoms with Gasteiger partial charge in [0.2, 0.25) is 0 Å². The Labute approximate surface area is 95.3 Å². The van der Waals surface area contributed by atoms with Crippen LogP contribution in [-0.4, -0.2) is 4.98 Å². The molecule has 0 atom stereocenters. The largest absolute Gasteiger partial charge is 0.358 e. The van der Waals surface area contributed by atoms with Gasteiger partial charge in [0, 0.05) is 16.6 Å². The standard InChI is InChI=1S/C14H17NO/c1-8(2)11-6-5-7-12-13(11)15-10(4)9(3)14(12)16/h5-8H,1-4H3,(H,15,16). The number of rotatable bonds is 1. The van der Waals surface area contributed by atoms with E-state index in [4.69, 9.17) is 0 Å². The van der Waals surface area contributed by atoms with Crippen LogP contribution in [-0.2, 0) is 0 Å². The first-order valence-corrected chi connectivity index (χ1v) is 5.64. The average molecular weight is 215 g/mol. The zero-order chi connectivity index (χ0) is 11.9. The lowest BCUT2D eigenvalue weighted by atomic mass is 9.98. The Bertz CT molecular complexity index is 593. The van der Waals surface area contributed by atoms with Crippen LogP contribution >= 0.6 is 0 Å². The number of fused-ring (bicyclic) bond motifs is 1. The van der Waals surface area contributed by atoms with E-state index in [1.165, 1.54) is 5.56 Å². The molecule has 2 heteroatoms. The molecule has 16 heavy (non-hydrogen) atoms. The van der Waals surface area contributed by atoms with E-state index >= 15 is 0 Å². The molecule has 84 valence electrons. The van der Waals surface area contributed by atoms with Crippen LogP contribution in [0.4, 0.5) is 0 Å². The molecule has 2 nitrogen and oxygen atoms in total. The predicted molar refractivity (Wildman–Crippen MR) is 68.1 cm³/mol. The third-order valence-corrected chi connectivity index (χ3v) is 3.18. The number of aromatic amines is 1. The summed E-state index contributed by atoms with van der Waals surface area (Å²) < 4.78 is 0. The molecule has 1 heterocycles. The number of hydrogen-bond donors (Lipinski definition) is 1. The molecule has 1 aromatic heterocycles. The number of pyridine rings is 1. The van der Waals surface area contributed by atoms with Crippen molar-refractivity contribution >= 4 is 10.9 Å². The topological polar surface area (TPSA) is 32.9 Å². The molecule has 0 saturated heterocycles. The molecule has 0 bridgehead atoms. The zero-order valence-electron chi connectivity index (χ0n) is 10.2. The second kappa shape index (κ2) is 3.78. The van der Waals surface area contributed by atoms with Crippen molar-refractivity contribution in [2.75, 3.05) is 0 Å². The lowest BCUT2D eigenvalue weighted by molar-refractivity contribution is 0.871. The van der Waals surface area contributed by atoms with Crippen molar-refractivity contribution in [3.8, 4) is 0 Å². The van der Waals surface area contributed by atoms with Gasteiger partial charge in [-0.2, -0.15) is 0 Å². The second-order valence-electron chi connectivity index (χ2n) is 4.63. The van der Waals surface area contributed by atoms with Gasteiger partial charge in [0.25, 0.3) is 0 Å². The fourth-order valence-corrected chi connectivity index (χ4v) is 2.03. The molecule has 0 unspecified atom stereocenters. The Balaban J connectivity index is 2.95. The van der Waals surface area contributed by atoms with E-state index in [-0.39, 0.29) is 5.43 Å². The highest BCUT2D eigenvalue weighted by molar-refractivity contribution is 5.83. The number of nitrogens with one attached hydrogen (secondary N) is 1. The molecule has 2 rings (SSSR count). The maximum atomic E-state index is 12.1. The van der Waals surface area contributed by atoms with Crippen LogP contribution in [0.25, 0.3) is 10.9 Å². The summed E-state index contributed by atoms with van der Waals surface area (Å²) in [6.45, 7) is 8.10. The number of hydrogen-bond acceptors (Lipinski definition) is 1. The van der Waals surface area contributed by atoms with Gasteiger partial charge in [-0.1, -0.05) is 26.0 Å². The quantitative estimate of drug-likeness (QED) is 0.778. The van der Waals surface area contributed by atoms with Gasteiger partial charge in [0.15, 0.2) is 5.43 Å². The summed E-state index contributed by atoms with van der Waals surface area (Å²) in [4.78, 5) is 15.5. The minimum Gasteiger partial charge on any atom is -0.358 e. The molecule has 0 radical (unpaired) electrons. The molecule has 0 aliphatic carbocycles. The summed E-state index contributed by atoms with van der Waals surface area (Å²) in [6, 6.07) is 5.94. The fraction of sp³-hybridized carbons (Fsp3) is 0.357. The average Bonchev–Trinajstić information content (AvgIpc) is 2.25. The predicted octanol–water partition coefficient (Wildman–Crippen LogP) is 3.27. The normalized spacial score (nSPS) is 11.3. The van der Waals surface area contributed by atoms with E-state index < -0.39 is 0 Å². The van der Waals surface area contributed by atoms with Gasteiger partial charge in [-0.05, 0) is 31.4 Å². The zero-order valence-corrected chi connectivity index (χ0v) is 10.2. The van der Waals surface area contributed by atoms with Gasteiger partial charge < -0.3 is 4.98 Å². The summed E-state index contributed by atoms with van der Waals surface area (Å²) >= 11 is 0. The van der Waals surface area contributed by atoms with Gasteiger partial charge in [-0.25, -0.2) is 0 Å². The van der Waals surface area contributed by atoms with Crippen LogP contribution in [0.5, 0.6) is 0 Å². The van der Waals surface area contributed by atoms with Crippen molar-refractivity contribution in [3.63, 3.8) is 0 Å². The minimum absolute atomic E-state index is 0.147. The second-order valence-corrected chi connectivity index (χ2v) is 4.63. The van der Waals surface area contributed by atoms with Crippen LogP contribution in [0.15, 0.2) is 23.0 Å². The van der Waals surface area contributed by atoms with Crippen LogP contribution in [0.3, 0.4) is 0 Å². The first-order chi connectivity index (χ1) is 7.52. The Morgan fingerprint density at radius 1 is 1.19 bits per heavy atom. The van der Waals surface area contributed by atoms with Crippen molar-refractivity contribution in [3.05, 3.63) is 45.2 Å². The maximum Gasteiger partial charge on any atom is 0.192 e. The van der Waals surface area contributed by atoms with E-state index in [1.54, 1.807) is 0 Å². The minimum atomic E-state index is 0.147. The lowest BCUT2D eigenvalue weighted by Crippen LogP contribution is -2.10. The lowest BCUT2D eigenvalue weighted by Gasteiger charge is -2.11. The van der Waals surface area contributed by atoms with Crippen molar-refractivity contribution in [2.24, 2.45) is 0 Å². The van der Waals surface area contributed by atoms with Gasteiger partial charge in [0.05, 0.1) is 5.52 Å². The van der Waals surface area contributed by atoms with Crippen LogP contribution < -0.4 is 5.43 Å². The van der Waals surface area contributed by atoms with Crippen molar-refractivity contribution in [2.45, 2.75) is 33.6 Å². The van der Waals surface area contributed by atoms with E-state index in [1.807, 2.05) is 26.0 Å². The van der Waals surface area contributed by atoms with Gasteiger partial charge in [-0.15, -0.1) is 0 Å². The summed E-state index contributed by atoms with van der Waals surface area (Å²) in [5.41, 5.74) is 4.12. The van der Waals surface area contributed by atoms with E-state index in [0.717, 1.165) is 22.2 Å². The van der Waals surface area contributed by atoms with Crippen molar-refractivity contribution in [1.29, 1.82) is 0 Å². The molecule has 0 amide bonds. The summed E-state index contributed by atoms with van der Waals surface area (Å²) in [6.07, 6.45) is 0. The smallest absolute Gasteiger partial charge is 0.192 e. The first kappa shape index (κ1) is 10.9. The Hall–Kier alpha value is -1.57. The molecule has 0 aliphatic rings. The molecule has 2 aromatic rings. The number of aryl methyl sites for hydroxylation is 1. The van der Waals surface area contributed by atoms with Crippen molar-refractivity contribution < 1.29 is 0 Å². The Kier molecular flexibility index (Phi) is 2.58. The van der Waals surface area contributed by atoms with E-state index in [9.17, 15) is 4.79 Å². The first-order valence-electron chi connectivity index (χ1n) is 5.64. The molecule has 1 N–H and O–H groups in total.